The number of amides is 1. The van der Waals surface area contributed by atoms with E-state index in [2.05, 4.69) is 15.1 Å². The van der Waals surface area contributed by atoms with Crippen molar-refractivity contribution in [3.05, 3.63) is 46.4 Å². The summed E-state index contributed by atoms with van der Waals surface area (Å²) in [5.74, 6) is 0.230. The third-order valence-corrected chi connectivity index (χ3v) is 5.35. The van der Waals surface area contributed by atoms with E-state index in [1.54, 1.807) is 4.68 Å². The molecule has 0 aliphatic rings. The fraction of sp³-hybridized carbons (Fsp3) is 0.400. The van der Waals surface area contributed by atoms with Gasteiger partial charge in [-0.15, -0.1) is 0 Å². The molecular weight excluding hydrogens is 374 g/mol. The molecule has 0 unspecified atom stereocenters. The molecule has 1 amide bonds. The van der Waals surface area contributed by atoms with Crippen molar-refractivity contribution in [3.8, 4) is 5.69 Å². The Hall–Kier alpha value is -2.61. The zero-order valence-corrected chi connectivity index (χ0v) is 17.6. The fourth-order valence-corrected chi connectivity index (χ4v) is 4.05. The SMILES string of the molecule is Cc1ccccc1-n1ncc2c(=O)[nH]c(SCC(=O)N(C(C)C)C(C)C)nc21. The second-order valence-corrected chi connectivity index (χ2v) is 8.19. The van der Waals surface area contributed by atoms with Gasteiger partial charge in [0.15, 0.2) is 10.8 Å². The number of aromatic nitrogens is 4. The Balaban J connectivity index is 1.91. The minimum Gasteiger partial charge on any atom is -0.337 e. The van der Waals surface area contributed by atoms with E-state index in [0.717, 1.165) is 11.3 Å². The Kier molecular flexibility index (Phi) is 5.88. The van der Waals surface area contributed by atoms with Crippen LogP contribution in [0.2, 0.25) is 0 Å². The highest BCUT2D eigenvalue weighted by Gasteiger charge is 2.21. The molecule has 7 nitrogen and oxygen atoms in total. The summed E-state index contributed by atoms with van der Waals surface area (Å²) in [6.45, 7) is 9.97. The summed E-state index contributed by atoms with van der Waals surface area (Å²) < 4.78 is 1.67. The number of fused-ring (bicyclic) bond motifs is 1. The first kappa shape index (κ1) is 20.1. The quantitative estimate of drug-likeness (QED) is 0.508. The first-order chi connectivity index (χ1) is 13.3. The number of aryl methyl sites for hydroxylation is 1. The average Bonchev–Trinajstić information content (AvgIpc) is 3.04. The van der Waals surface area contributed by atoms with E-state index in [0.29, 0.717) is 16.2 Å². The lowest BCUT2D eigenvalue weighted by Gasteiger charge is -2.30. The van der Waals surface area contributed by atoms with Crippen LogP contribution >= 0.6 is 11.8 Å². The van der Waals surface area contributed by atoms with Crippen molar-refractivity contribution < 1.29 is 4.79 Å². The van der Waals surface area contributed by atoms with Crippen LogP contribution in [0.25, 0.3) is 16.7 Å². The normalized spacial score (nSPS) is 11.5. The van der Waals surface area contributed by atoms with E-state index >= 15 is 0 Å². The number of carbonyl (C=O) groups is 1. The second-order valence-electron chi connectivity index (χ2n) is 7.23. The topological polar surface area (TPSA) is 83.9 Å². The first-order valence-electron chi connectivity index (χ1n) is 9.27. The lowest BCUT2D eigenvalue weighted by molar-refractivity contribution is -0.131. The maximum Gasteiger partial charge on any atom is 0.262 e. The number of hydrogen-bond acceptors (Lipinski definition) is 5. The maximum absolute atomic E-state index is 12.6. The van der Waals surface area contributed by atoms with Crippen molar-refractivity contribution in [2.24, 2.45) is 0 Å². The number of H-pyrrole nitrogens is 1. The van der Waals surface area contributed by atoms with Crippen molar-refractivity contribution in [3.63, 3.8) is 0 Å². The molecule has 0 spiro atoms. The summed E-state index contributed by atoms with van der Waals surface area (Å²) in [4.78, 5) is 34.2. The third kappa shape index (κ3) is 3.96. The molecule has 0 fully saturated rings. The molecule has 0 saturated carbocycles. The molecule has 0 bridgehead atoms. The van der Waals surface area contributed by atoms with Gasteiger partial charge >= 0.3 is 0 Å². The molecule has 3 rings (SSSR count). The van der Waals surface area contributed by atoms with Crippen molar-refractivity contribution in [2.45, 2.75) is 51.9 Å². The molecule has 28 heavy (non-hydrogen) atoms. The average molecular weight is 400 g/mol. The molecule has 0 atom stereocenters. The highest BCUT2D eigenvalue weighted by molar-refractivity contribution is 7.99. The highest BCUT2D eigenvalue weighted by atomic mass is 32.2. The molecule has 3 aromatic rings. The Bertz CT molecular complexity index is 1050. The summed E-state index contributed by atoms with van der Waals surface area (Å²) in [5, 5.41) is 5.18. The van der Waals surface area contributed by atoms with E-state index in [4.69, 9.17) is 0 Å². The van der Waals surface area contributed by atoms with Crippen molar-refractivity contribution in [1.29, 1.82) is 0 Å². The van der Waals surface area contributed by atoms with Gasteiger partial charge in [-0.1, -0.05) is 30.0 Å². The molecule has 1 N–H and O–H groups in total. The minimum absolute atomic E-state index is 0.0187. The number of nitrogens with one attached hydrogen (secondary N) is 1. The Morgan fingerprint density at radius 2 is 1.89 bits per heavy atom. The molecular formula is C20H25N5O2S. The Morgan fingerprint density at radius 1 is 1.21 bits per heavy atom. The molecule has 0 radical (unpaired) electrons. The van der Waals surface area contributed by atoms with Crippen LogP contribution in [-0.2, 0) is 4.79 Å². The maximum atomic E-state index is 12.6. The van der Waals surface area contributed by atoms with Crippen molar-refractivity contribution >= 4 is 28.7 Å². The minimum atomic E-state index is -0.260. The van der Waals surface area contributed by atoms with Gasteiger partial charge in [0.1, 0.15) is 5.39 Å². The van der Waals surface area contributed by atoms with Gasteiger partial charge < -0.3 is 9.88 Å². The predicted octanol–water partition coefficient (Wildman–Crippen LogP) is 3.15. The molecule has 0 aliphatic heterocycles. The van der Waals surface area contributed by atoms with Gasteiger partial charge in [-0.25, -0.2) is 9.67 Å². The van der Waals surface area contributed by atoms with Crippen molar-refractivity contribution in [2.75, 3.05) is 5.75 Å². The van der Waals surface area contributed by atoms with Crippen LogP contribution in [0.5, 0.6) is 0 Å². The first-order valence-corrected chi connectivity index (χ1v) is 10.3. The standard InChI is InChI=1S/C20H25N5O2S/c1-12(2)24(13(3)4)17(26)11-28-20-22-18-15(19(27)23-20)10-21-25(18)16-9-7-6-8-14(16)5/h6-10,12-13H,11H2,1-5H3,(H,22,23,27). The summed E-state index contributed by atoms with van der Waals surface area (Å²) in [6, 6.07) is 8.02. The number of hydrogen-bond donors (Lipinski definition) is 1. The summed E-state index contributed by atoms with van der Waals surface area (Å²) >= 11 is 1.23. The number of aromatic amines is 1. The van der Waals surface area contributed by atoms with Gasteiger partial charge in [-0.3, -0.25) is 9.59 Å². The van der Waals surface area contributed by atoms with Crippen molar-refractivity contribution in [1.82, 2.24) is 24.6 Å². The second kappa shape index (κ2) is 8.18. The highest BCUT2D eigenvalue weighted by Crippen LogP contribution is 2.20. The van der Waals surface area contributed by atoms with E-state index in [1.807, 2.05) is 63.8 Å². The largest absolute Gasteiger partial charge is 0.337 e. The number of rotatable bonds is 6. The molecule has 8 heteroatoms. The van der Waals surface area contributed by atoms with E-state index < -0.39 is 0 Å². The van der Waals surface area contributed by atoms with Crippen LogP contribution in [0.1, 0.15) is 33.3 Å². The zero-order valence-electron chi connectivity index (χ0n) is 16.8. The summed E-state index contributed by atoms with van der Waals surface area (Å²) in [6.07, 6.45) is 1.52. The monoisotopic (exact) mass is 399 g/mol. The number of benzene rings is 1. The summed E-state index contributed by atoms with van der Waals surface area (Å²) in [5.41, 5.74) is 2.12. The lowest BCUT2D eigenvalue weighted by Crippen LogP contribution is -2.43. The number of thioether (sulfide) groups is 1. The van der Waals surface area contributed by atoms with Gasteiger partial charge in [0.05, 0.1) is 17.6 Å². The predicted molar refractivity (Wildman–Crippen MR) is 112 cm³/mol. The smallest absolute Gasteiger partial charge is 0.262 e. The number of nitrogens with zero attached hydrogens (tertiary/aromatic N) is 4. The zero-order chi connectivity index (χ0) is 20.4. The van der Waals surface area contributed by atoms with Gasteiger partial charge in [-0.2, -0.15) is 5.10 Å². The van der Waals surface area contributed by atoms with Gasteiger partial charge in [-0.05, 0) is 46.2 Å². The lowest BCUT2D eigenvalue weighted by atomic mass is 10.2. The molecule has 2 heterocycles. The number of carbonyl (C=O) groups excluding carboxylic acids is 1. The van der Waals surface area contributed by atoms with Gasteiger partial charge in [0, 0.05) is 12.1 Å². The van der Waals surface area contributed by atoms with Gasteiger partial charge in [0.2, 0.25) is 5.91 Å². The molecule has 1 aromatic carbocycles. The Morgan fingerprint density at radius 3 is 2.54 bits per heavy atom. The van der Waals surface area contributed by atoms with E-state index in [-0.39, 0.29) is 29.3 Å². The molecule has 148 valence electrons. The van der Waals surface area contributed by atoms with Gasteiger partial charge in [0.25, 0.3) is 5.56 Å². The van der Waals surface area contributed by atoms with E-state index in [9.17, 15) is 9.59 Å². The van der Waals surface area contributed by atoms with Crippen LogP contribution in [0.3, 0.4) is 0 Å². The van der Waals surface area contributed by atoms with Crippen LogP contribution < -0.4 is 5.56 Å². The van der Waals surface area contributed by atoms with Crippen LogP contribution in [-0.4, -0.2) is 48.4 Å². The molecule has 2 aromatic heterocycles. The molecule has 0 aliphatic carbocycles. The number of para-hydroxylation sites is 1. The van der Waals surface area contributed by atoms with Crippen LogP contribution in [0, 0.1) is 6.92 Å². The van der Waals surface area contributed by atoms with Crippen LogP contribution in [0.15, 0.2) is 40.4 Å². The molecule has 0 saturated heterocycles. The van der Waals surface area contributed by atoms with E-state index in [1.165, 1.54) is 18.0 Å². The fourth-order valence-electron chi connectivity index (χ4n) is 3.32. The Labute approximate surface area is 168 Å². The third-order valence-electron chi connectivity index (χ3n) is 4.49. The van der Waals surface area contributed by atoms with Crippen LogP contribution in [0.4, 0.5) is 0 Å². The summed E-state index contributed by atoms with van der Waals surface area (Å²) in [7, 11) is 0.